The molecular weight excluding hydrogens is 200 g/mol. The molecular formula is C12H32Si2. The van der Waals surface area contributed by atoms with Crippen molar-refractivity contribution in [3.05, 3.63) is 0 Å². The van der Waals surface area contributed by atoms with E-state index in [1.165, 1.54) is 36.3 Å². The van der Waals surface area contributed by atoms with Crippen molar-refractivity contribution in [3.63, 3.8) is 0 Å². The van der Waals surface area contributed by atoms with Gasteiger partial charge in [-0.25, -0.2) is 0 Å². The number of rotatable bonds is 6. The Kier molecular flexibility index (Phi) is 16.2. The van der Waals surface area contributed by atoms with Crippen LogP contribution in [0.5, 0.6) is 0 Å². The van der Waals surface area contributed by atoms with E-state index in [0.29, 0.717) is 0 Å². The second-order valence-electron chi connectivity index (χ2n) is 4.18. The van der Waals surface area contributed by atoms with Gasteiger partial charge in [-0.1, -0.05) is 77.8 Å². The number of hydrogen-bond acceptors (Lipinski definition) is 0. The summed E-state index contributed by atoms with van der Waals surface area (Å²) < 4.78 is 0. The molecule has 0 nitrogen and oxygen atoms in total. The van der Waals surface area contributed by atoms with Gasteiger partial charge in [-0.15, -0.1) is 0 Å². The van der Waals surface area contributed by atoms with Crippen LogP contribution in [0.4, 0.5) is 0 Å². The predicted molar refractivity (Wildman–Crippen MR) is 77.2 cm³/mol. The van der Waals surface area contributed by atoms with Gasteiger partial charge in [0.1, 0.15) is 0 Å². The Bertz CT molecular complexity index is 63.3. The van der Waals surface area contributed by atoms with Crippen LogP contribution >= 0.6 is 0 Å². The van der Waals surface area contributed by atoms with Crippen LogP contribution in [0.15, 0.2) is 0 Å². The molecule has 0 spiro atoms. The maximum Gasteiger partial charge on any atom is 0.0359 e. The van der Waals surface area contributed by atoms with Crippen molar-refractivity contribution >= 4 is 17.6 Å². The predicted octanol–water partition coefficient (Wildman–Crippen LogP) is 4.55. The molecule has 0 N–H and O–H groups in total. The number of hydrogen-bond donors (Lipinski definition) is 0. The molecule has 2 heteroatoms. The molecule has 0 aliphatic heterocycles. The quantitative estimate of drug-likeness (QED) is 0.590. The smallest absolute Gasteiger partial charge is 0.0359 e. The van der Waals surface area contributed by atoms with E-state index in [0.717, 1.165) is 0 Å². The molecule has 0 radical (unpaired) electrons. The molecule has 0 fully saturated rings. The topological polar surface area (TPSA) is 0 Å². The van der Waals surface area contributed by atoms with Crippen LogP contribution in [-0.4, -0.2) is 17.6 Å². The van der Waals surface area contributed by atoms with Gasteiger partial charge in [0.05, 0.1) is 0 Å². The van der Waals surface area contributed by atoms with Gasteiger partial charge in [0.25, 0.3) is 0 Å². The summed E-state index contributed by atoms with van der Waals surface area (Å²) in [7, 11) is -0.343. The van der Waals surface area contributed by atoms with E-state index in [2.05, 4.69) is 41.5 Å². The first-order valence-electron chi connectivity index (χ1n) is 6.69. The Morgan fingerprint density at radius 3 is 0.571 bits per heavy atom. The van der Waals surface area contributed by atoms with Crippen molar-refractivity contribution in [2.24, 2.45) is 0 Å². The van der Waals surface area contributed by atoms with Crippen LogP contribution in [-0.2, 0) is 0 Å². The molecule has 0 rings (SSSR count). The third-order valence-corrected chi connectivity index (χ3v) is 10.4. The molecule has 0 bridgehead atoms. The fraction of sp³-hybridized carbons (Fsp3) is 1.00. The minimum Gasteiger partial charge on any atom is -0.0680 e. The van der Waals surface area contributed by atoms with E-state index in [9.17, 15) is 0 Å². The first kappa shape index (κ1) is 16.8. The minimum absolute atomic E-state index is 0.171. The Morgan fingerprint density at radius 2 is 0.571 bits per heavy atom. The summed E-state index contributed by atoms with van der Waals surface area (Å²) in [6.07, 6.45) is 0. The van der Waals surface area contributed by atoms with Gasteiger partial charge in [0, 0.05) is 17.6 Å². The molecule has 0 unspecified atom stereocenters. The van der Waals surface area contributed by atoms with Crippen molar-refractivity contribution in [1.29, 1.82) is 0 Å². The van der Waals surface area contributed by atoms with Crippen LogP contribution in [0.3, 0.4) is 0 Å². The zero-order valence-electron chi connectivity index (χ0n) is 11.4. The van der Waals surface area contributed by atoms with Crippen molar-refractivity contribution < 1.29 is 0 Å². The van der Waals surface area contributed by atoms with E-state index < -0.39 is 0 Å². The monoisotopic (exact) mass is 232 g/mol. The molecule has 0 aliphatic carbocycles. The molecule has 0 saturated heterocycles. The first-order valence-corrected chi connectivity index (χ1v) is 11.6. The van der Waals surface area contributed by atoms with Gasteiger partial charge in [0.15, 0.2) is 0 Å². The molecule has 0 saturated carbocycles. The van der Waals surface area contributed by atoms with E-state index in [1.807, 2.05) is 0 Å². The second kappa shape index (κ2) is 13.4. The normalized spacial score (nSPS) is 10.3. The Balaban J connectivity index is 0. The van der Waals surface area contributed by atoms with Crippen molar-refractivity contribution in [3.8, 4) is 0 Å². The summed E-state index contributed by atoms with van der Waals surface area (Å²) in [5.41, 5.74) is 0. The van der Waals surface area contributed by atoms with Crippen molar-refractivity contribution in [2.45, 2.75) is 77.8 Å². The van der Waals surface area contributed by atoms with Gasteiger partial charge in [0.2, 0.25) is 0 Å². The van der Waals surface area contributed by atoms with Gasteiger partial charge < -0.3 is 0 Å². The SMILES string of the molecule is CC[SiH](CC)CC.CC[SiH](CC)CC. The average Bonchev–Trinajstić information content (AvgIpc) is 2.24. The fourth-order valence-electron chi connectivity index (χ4n) is 1.73. The summed E-state index contributed by atoms with van der Waals surface area (Å²) >= 11 is 0. The van der Waals surface area contributed by atoms with E-state index in [4.69, 9.17) is 0 Å². The summed E-state index contributed by atoms with van der Waals surface area (Å²) in [6, 6.07) is 8.96. The van der Waals surface area contributed by atoms with Crippen LogP contribution in [0.25, 0.3) is 0 Å². The van der Waals surface area contributed by atoms with Gasteiger partial charge in [-0.05, 0) is 0 Å². The molecule has 0 amide bonds. The van der Waals surface area contributed by atoms with Crippen LogP contribution in [0.1, 0.15) is 41.5 Å². The van der Waals surface area contributed by atoms with E-state index >= 15 is 0 Å². The minimum atomic E-state index is -0.171. The third-order valence-electron chi connectivity index (χ3n) is 3.46. The maximum absolute atomic E-state index is 2.32. The molecule has 0 heterocycles. The molecule has 88 valence electrons. The van der Waals surface area contributed by atoms with Crippen LogP contribution < -0.4 is 0 Å². The second-order valence-corrected chi connectivity index (χ2v) is 12.5. The van der Waals surface area contributed by atoms with E-state index in [1.54, 1.807) is 0 Å². The highest BCUT2D eigenvalue weighted by Crippen LogP contribution is 2.02. The van der Waals surface area contributed by atoms with Crippen molar-refractivity contribution in [1.82, 2.24) is 0 Å². The van der Waals surface area contributed by atoms with Gasteiger partial charge >= 0.3 is 0 Å². The van der Waals surface area contributed by atoms with Crippen molar-refractivity contribution in [2.75, 3.05) is 0 Å². The molecule has 0 aromatic heterocycles. The summed E-state index contributed by atoms with van der Waals surface area (Å²) in [5, 5.41) is 0. The zero-order valence-corrected chi connectivity index (χ0v) is 13.7. The molecule has 0 aromatic rings. The lowest BCUT2D eigenvalue weighted by molar-refractivity contribution is 1.24. The molecule has 0 aromatic carbocycles. The molecule has 14 heavy (non-hydrogen) atoms. The van der Waals surface area contributed by atoms with E-state index in [-0.39, 0.29) is 17.6 Å². The summed E-state index contributed by atoms with van der Waals surface area (Å²) in [6.45, 7) is 13.9. The summed E-state index contributed by atoms with van der Waals surface area (Å²) in [5.74, 6) is 0. The lowest BCUT2D eigenvalue weighted by atomic mass is 10.9. The van der Waals surface area contributed by atoms with Gasteiger partial charge in [-0.3, -0.25) is 0 Å². The maximum atomic E-state index is 2.32. The highest BCUT2D eigenvalue weighted by Gasteiger charge is 1.98. The highest BCUT2D eigenvalue weighted by molar-refractivity contribution is 6.58. The largest absolute Gasteiger partial charge is 0.0680 e. The average molecular weight is 233 g/mol. The fourth-order valence-corrected chi connectivity index (χ4v) is 5.20. The Labute approximate surface area is 95.7 Å². The lowest BCUT2D eigenvalue weighted by Crippen LogP contribution is -2.04. The zero-order chi connectivity index (χ0) is 11.4. The van der Waals surface area contributed by atoms with Gasteiger partial charge in [-0.2, -0.15) is 0 Å². The summed E-state index contributed by atoms with van der Waals surface area (Å²) in [4.78, 5) is 0. The standard InChI is InChI=1S/2C6H16Si/c2*1-4-7(5-2)6-3/h2*7H,4-6H2,1-3H3. The first-order chi connectivity index (χ1) is 6.69. The Hall–Kier alpha value is 0.434. The van der Waals surface area contributed by atoms with Crippen LogP contribution in [0.2, 0.25) is 36.3 Å². The third kappa shape index (κ3) is 10.5. The highest BCUT2D eigenvalue weighted by atomic mass is 28.3. The molecule has 0 aliphatic rings. The Morgan fingerprint density at radius 1 is 0.429 bits per heavy atom. The molecule has 0 atom stereocenters. The van der Waals surface area contributed by atoms with Crippen LogP contribution in [0, 0.1) is 0 Å². The lowest BCUT2D eigenvalue weighted by Gasteiger charge is -2.03.